The highest BCUT2D eigenvalue weighted by Gasteiger charge is 2.74. The number of hydrogen-bond donors (Lipinski definition) is 0. The van der Waals surface area contributed by atoms with Gasteiger partial charge in [0.05, 0.1) is 11.0 Å². The Balaban J connectivity index is 1.62. The average molecular weight is 541 g/mol. The average Bonchev–Trinajstić information content (AvgIpc) is 3.48. The molecule has 3 aliphatic rings. The number of carbonyl (C=O) groups excluding carboxylic acids is 2. The first-order valence-electron chi connectivity index (χ1n) is 13.0. The number of nitro benzene ring substituents is 1. The zero-order chi connectivity index (χ0) is 27.4. The maximum Gasteiger partial charge on any atom is 0.328 e. The van der Waals surface area contributed by atoms with Crippen LogP contribution in [0.2, 0.25) is 0 Å². The van der Waals surface area contributed by atoms with Gasteiger partial charge in [-0.2, -0.15) is 4.31 Å². The SMILES string of the molecule is CC[C@@H]1[C@@H](c2ccccc2)N2C(=O)N(CCC(C)C)C(=O)[C@]23CN(S(=O)(=O)c2ccccc2[N+](=O)[O-])C[C@H]13. The summed E-state index contributed by atoms with van der Waals surface area (Å²) in [6.45, 7) is 6.06. The van der Waals surface area contributed by atoms with Gasteiger partial charge in [0.2, 0.25) is 10.0 Å². The Morgan fingerprint density at radius 3 is 2.37 bits per heavy atom. The minimum absolute atomic E-state index is 0.00373. The van der Waals surface area contributed by atoms with E-state index in [0.717, 1.165) is 11.6 Å². The van der Waals surface area contributed by atoms with Crippen molar-refractivity contribution in [2.45, 2.75) is 50.1 Å². The van der Waals surface area contributed by atoms with Crippen LogP contribution in [-0.2, 0) is 14.8 Å². The normalized spacial score (nSPS) is 27.3. The summed E-state index contributed by atoms with van der Waals surface area (Å²) in [6, 6.07) is 14.0. The summed E-state index contributed by atoms with van der Waals surface area (Å²) in [7, 11) is -4.32. The van der Waals surface area contributed by atoms with Crippen LogP contribution in [0.1, 0.15) is 45.2 Å². The third-order valence-electron chi connectivity index (χ3n) is 8.34. The summed E-state index contributed by atoms with van der Waals surface area (Å²) in [5.74, 6) is -0.712. The summed E-state index contributed by atoms with van der Waals surface area (Å²) in [5, 5.41) is 11.6. The monoisotopic (exact) mass is 540 g/mol. The number of imide groups is 1. The molecular weight excluding hydrogens is 508 g/mol. The predicted molar refractivity (Wildman–Crippen MR) is 139 cm³/mol. The second kappa shape index (κ2) is 9.46. The molecule has 0 N–H and O–H groups in total. The van der Waals surface area contributed by atoms with Crippen LogP contribution in [0.5, 0.6) is 0 Å². The van der Waals surface area contributed by atoms with Gasteiger partial charge >= 0.3 is 6.03 Å². The van der Waals surface area contributed by atoms with Crippen LogP contribution in [0.4, 0.5) is 10.5 Å². The molecule has 1 spiro atoms. The van der Waals surface area contributed by atoms with Crippen molar-refractivity contribution in [2.75, 3.05) is 19.6 Å². The number of nitro groups is 1. The number of rotatable bonds is 8. The molecule has 0 saturated carbocycles. The molecule has 4 atom stereocenters. The minimum atomic E-state index is -4.32. The Labute approximate surface area is 222 Å². The van der Waals surface area contributed by atoms with Gasteiger partial charge in [0.15, 0.2) is 4.90 Å². The molecule has 3 heterocycles. The molecule has 5 rings (SSSR count). The van der Waals surface area contributed by atoms with Crippen LogP contribution in [0.15, 0.2) is 59.5 Å². The van der Waals surface area contributed by atoms with E-state index in [-0.39, 0.29) is 43.4 Å². The summed E-state index contributed by atoms with van der Waals surface area (Å²) in [4.78, 5) is 41.5. The fourth-order valence-corrected chi connectivity index (χ4v) is 8.24. The van der Waals surface area contributed by atoms with Crippen LogP contribution in [0.25, 0.3) is 0 Å². The minimum Gasteiger partial charge on any atom is -0.300 e. The number of hydrogen-bond acceptors (Lipinski definition) is 6. The molecule has 0 radical (unpaired) electrons. The molecule has 0 aliphatic carbocycles. The highest BCUT2D eigenvalue weighted by atomic mass is 32.2. The molecule has 0 bridgehead atoms. The van der Waals surface area contributed by atoms with Gasteiger partial charge in [-0.1, -0.05) is 69.7 Å². The van der Waals surface area contributed by atoms with Crippen molar-refractivity contribution < 1.29 is 22.9 Å². The Hall–Kier alpha value is -3.31. The molecule has 10 nitrogen and oxygen atoms in total. The van der Waals surface area contributed by atoms with E-state index in [1.54, 1.807) is 4.90 Å². The van der Waals surface area contributed by atoms with Gasteiger partial charge < -0.3 is 4.90 Å². The molecule has 3 saturated heterocycles. The van der Waals surface area contributed by atoms with Gasteiger partial charge in [0.25, 0.3) is 11.6 Å². The van der Waals surface area contributed by atoms with E-state index in [9.17, 15) is 28.1 Å². The van der Waals surface area contributed by atoms with E-state index >= 15 is 0 Å². The van der Waals surface area contributed by atoms with E-state index in [4.69, 9.17) is 0 Å². The zero-order valence-corrected chi connectivity index (χ0v) is 22.5. The summed E-state index contributed by atoms with van der Waals surface area (Å²) < 4.78 is 28.8. The quantitative estimate of drug-likeness (QED) is 0.283. The van der Waals surface area contributed by atoms with Crippen molar-refractivity contribution >= 4 is 27.6 Å². The fraction of sp³-hybridized carbons (Fsp3) is 0.481. The maximum atomic E-state index is 14.2. The molecule has 2 aromatic carbocycles. The molecule has 38 heavy (non-hydrogen) atoms. The number of nitrogens with zero attached hydrogens (tertiary/aromatic N) is 4. The molecule has 0 aromatic heterocycles. The molecule has 202 valence electrons. The van der Waals surface area contributed by atoms with Crippen LogP contribution in [-0.4, -0.2) is 64.6 Å². The van der Waals surface area contributed by atoms with E-state index in [1.807, 2.05) is 51.1 Å². The van der Waals surface area contributed by atoms with Gasteiger partial charge in [-0.25, -0.2) is 13.2 Å². The van der Waals surface area contributed by atoms with Crippen molar-refractivity contribution in [1.82, 2.24) is 14.1 Å². The maximum absolute atomic E-state index is 14.2. The second-order valence-electron chi connectivity index (χ2n) is 10.8. The first kappa shape index (κ1) is 26.3. The van der Waals surface area contributed by atoms with Crippen LogP contribution >= 0.6 is 0 Å². The third kappa shape index (κ3) is 3.74. The van der Waals surface area contributed by atoms with E-state index in [2.05, 4.69) is 0 Å². The zero-order valence-electron chi connectivity index (χ0n) is 21.7. The summed E-state index contributed by atoms with van der Waals surface area (Å²) >= 11 is 0. The van der Waals surface area contributed by atoms with E-state index < -0.39 is 43.0 Å². The number of sulfonamides is 1. The number of para-hydroxylation sites is 1. The molecule has 3 amide bonds. The highest BCUT2D eigenvalue weighted by Crippen LogP contribution is 2.59. The number of urea groups is 1. The lowest BCUT2D eigenvalue weighted by Gasteiger charge is -2.32. The van der Waals surface area contributed by atoms with Gasteiger partial charge in [0.1, 0.15) is 5.54 Å². The lowest BCUT2D eigenvalue weighted by Crippen LogP contribution is -2.52. The largest absolute Gasteiger partial charge is 0.328 e. The molecule has 3 fully saturated rings. The van der Waals surface area contributed by atoms with Gasteiger partial charge in [-0.3, -0.25) is 19.8 Å². The lowest BCUT2D eigenvalue weighted by atomic mass is 9.78. The first-order valence-corrected chi connectivity index (χ1v) is 14.4. The Morgan fingerprint density at radius 1 is 1.08 bits per heavy atom. The molecule has 3 aliphatic heterocycles. The van der Waals surface area contributed by atoms with Crippen molar-refractivity contribution in [3.05, 3.63) is 70.3 Å². The molecule has 0 unspecified atom stereocenters. The number of benzene rings is 2. The standard InChI is InChI=1S/C27H32N4O6S/c1-4-20-21-16-28(38(36,37)23-13-9-8-12-22(23)31(34)35)17-27(21)25(32)29(15-14-18(2)3)26(33)30(27)24(20)19-10-6-5-7-11-19/h5-13,18,20-21,24H,4,14-17H2,1-3H3/t20-,21+,24+,27+/m0/s1. The van der Waals surface area contributed by atoms with Crippen LogP contribution < -0.4 is 0 Å². The number of carbonyl (C=O) groups is 2. The van der Waals surface area contributed by atoms with Crippen LogP contribution in [0.3, 0.4) is 0 Å². The molecule has 11 heteroatoms. The molecular formula is C27H32N4O6S. The third-order valence-corrected chi connectivity index (χ3v) is 10.2. The fourth-order valence-electron chi connectivity index (χ4n) is 6.58. The lowest BCUT2D eigenvalue weighted by molar-refractivity contribution is -0.387. The van der Waals surface area contributed by atoms with E-state index in [1.165, 1.54) is 27.4 Å². The summed E-state index contributed by atoms with van der Waals surface area (Å²) in [5.41, 5.74) is -0.958. The van der Waals surface area contributed by atoms with Gasteiger partial charge in [0, 0.05) is 31.6 Å². The van der Waals surface area contributed by atoms with E-state index in [0.29, 0.717) is 12.8 Å². The second-order valence-corrected chi connectivity index (χ2v) is 12.7. The topological polar surface area (TPSA) is 121 Å². The summed E-state index contributed by atoms with van der Waals surface area (Å²) in [6.07, 6.45) is 1.27. The first-order chi connectivity index (χ1) is 18.1. The van der Waals surface area contributed by atoms with Crippen molar-refractivity contribution in [3.63, 3.8) is 0 Å². The van der Waals surface area contributed by atoms with Gasteiger partial charge in [-0.15, -0.1) is 0 Å². The van der Waals surface area contributed by atoms with Crippen molar-refractivity contribution in [1.29, 1.82) is 0 Å². The van der Waals surface area contributed by atoms with Crippen molar-refractivity contribution in [3.8, 4) is 0 Å². The Bertz CT molecular complexity index is 1380. The highest BCUT2D eigenvalue weighted by molar-refractivity contribution is 7.89. The molecule has 2 aromatic rings. The van der Waals surface area contributed by atoms with Crippen LogP contribution in [0, 0.1) is 27.9 Å². The predicted octanol–water partition coefficient (Wildman–Crippen LogP) is 4.05. The van der Waals surface area contributed by atoms with Crippen molar-refractivity contribution in [2.24, 2.45) is 17.8 Å². The Morgan fingerprint density at radius 2 is 1.74 bits per heavy atom. The smallest absolute Gasteiger partial charge is 0.300 e. The number of amides is 3. The van der Waals surface area contributed by atoms with Gasteiger partial charge in [-0.05, 0) is 29.9 Å². The Kier molecular flexibility index (Phi) is 6.55.